The van der Waals surface area contributed by atoms with E-state index in [2.05, 4.69) is 5.32 Å². The number of rotatable bonds is 4. The van der Waals surface area contributed by atoms with Gasteiger partial charge in [0.1, 0.15) is 0 Å². The van der Waals surface area contributed by atoms with Gasteiger partial charge in [0, 0.05) is 5.02 Å². The maximum absolute atomic E-state index is 11.6. The minimum Gasteiger partial charge on any atom is -0.344 e. The topological polar surface area (TPSA) is 55.1 Å². The zero-order valence-corrected chi connectivity index (χ0v) is 11.1. The van der Waals surface area contributed by atoms with Gasteiger partial charge >= 0.3 is 0 Å². The van der Waals surface area contributed by atoms with E-state index in [0.717, 1.165) is 11.1 Å². The number of hydrogen-bond donors (Lipinski definition) is 2. The molecule has 3 N–H and O–H groups in total. The lowest BCUT2D eigenvalue weighted by molar-refractivity contribution is -0.120. The molecule has 0 aliphatic carbocycles. The first kappa shape index (κ1) is 13.6. The van der Waals surface area contributed by atoms with Gasteiger partial charge in [-0.25, -0.2) is 0 Å². The van der Waals surface area contributed by atoms with Crippen LogP contribution in [0.4, 0.5) is 0 Å². The molecule has 2 aromatic carbocycles. The summed E-state index contributed by atoms with van der Waals surface area (Å²) in [5.74, 6) is -0.191. The largest absolute Gasteiger partial charge is 0.344 e. The number of carbonyl (C=O) groups excluding carboxylic acids is 1. The van der Waals surface area contributed by atoms with Gasteiger partial charge in [0.25, 0.3) is 0 Å². The monoisotopic (exact) mass is 274 g/mol. The fourth-order valence-electron chi connectivity index (χ4n) is 1.88. The van der Waals surface area contributed by atoms with Crippen LogP contribution in [0.1, 0.15) is 17.2 Å². The van der Waals surface area contributed by atoms with Crippen LogP contribution in [0.25, 0.3) is 0 Å². The van der Waals surface area contributed by atoms with Crippen molar-refractivity contribution in [3.8, 4) is 0 Å². The summed E-state index contributed by atoms with van der Waals surface area (Å²) in [6.45, 7) is -0.0308. The number of hydrogen-bond acceptors (Lipinski definition) is 2. The van der Waals surface area contributed by atoms with E-state index in [1.54, 1.807) is 12.1 Å². The van der Waals surface area contributed by atoms with Crippen molar-refractivity contribution < 1.29 is 4.79 Å². The van der Waals surface area contributed by atoms with Crippen LogP contribution in [0.15, 0.2) is 54.6 Å². The van der Waals surface area contributed by atoms with Crippen LogP contribution in [0, 0.1) is 0 Å². The third-order valence-electron chi connectivity index (χ3n) is 2.83. The molecule has 0 aliphatic heterocycles. The standard InChI is InChI=1S/C15H15ClN2O/c16-13-8-6-12(7-9-13)15(18-14(19)10-17)11-4-2-1-3-5-11/h1-9,15H,10,17H2,(H,18,19). The first-order valence-corrected chi connectivity index (χ1v) is 6.38. The average Bonchev–Trinajstić information content (AvgIpc) is 2.46. The van der Waals surface area contributed by atoms with Crippen molar-refractivity contribution in [2.75, 3.05) is 6.54 Å². The summed E-state index contributed by atoms with van der Waals surface area (Å²) in [6.07, 6.45) is 0. The van der Waals surface area contributed by atoms with E-state index in [-0.39, 0.29) is 18.5 Å². The molecule has 1 atom stereocenters. The number of benzene rings is 2. The van der Waals surface area contributed by atoms with Crippen molar-refractivity contribution in [1.29, 1.82) is 0 Å². The van der Waals surface area contributed by atoms with Crippen molar-refractivity contribution in [2.45, 2.75) is 6.04 Å². The van der Waals surface area contributed by atoms with Gasteiger partial charge < -0.3 is 11.1 Å². The summed E-state index contributed by atoms with van der Waals surface area (Å²) < 4.78 is 0. The zero-order valence-electron chi connectivity index (χ0n) is 10.3. The van der Waals surface area contributed by atoms with Crippen molar-refractivity contribution in [1.82, 2.24) is 5.32 Å². The number of halogens is 1. The highest BCUT2D eigenvalue weighted by Crippen LogP contribution is 2.23. The van der Waals surface area contributed by atoms with Crippen LogP contribution < -0.4 is 11.1 Å². The highest BCUT2D eigenvalue weighted by molar-refractivity contribution is 6.30. The molecule has 0 spiro atoms. The number of amides is 1. The molecule has 2 rings (SSSR count). The van der Waals surface area contributed by atoms with Gasteiger partial charge in [0.2, 0.25) is 5.91 Å². The third-order valence-corrected chi connectivity index (χ3v) is 3.08. The Hall–Kier alpha value is -1.84. The Balaban J connectivity index is 2.34. The molecule has 1 unspecified atom stereocenters. The van der Waals surface area contributed by atoms with E-state index in [1.165, 1.54) is 0 Å². The Kier molecular flexibility index (Phi) is 4.55. The van der Waals surface area contributed by atoms with Gasteiger partial charge in [0.15, 0.2) is 0 Å². The van der Waals surface area contributed by atoms with E-state index < -0.39 is 0 Å². The molecule has 98 valence electrons. The van der Waals surface area contributed by atoms with Crippen LogP contribution in [0.2, 0.25) is 5.02 Å². The van der Waals surface area contributed by atoms with E-state index in [1.807, 2.05) is 42.5 Å². The van der Waals surface area contributed by atoms with Gasteiger partial charge in [-0.1, -0.05) is 54.1 Å². The van der Waals surface area contributed by atoms with Gasteiger partial charge in [-0.2, -0.15) is 0 Å². The molecule has 0 aliphatic rings. The molecule has 0 bridgehead atoms. The molecule has 0 aromatic heterocycles. The lowest BCUT2D eigenvalue weighted by Gasteiger charge is -2.19. The molecular weight excluding hydrogens is 260 g/mol. The van der Waals surface area contributed by atoms with Crippen LogP contribution in [0.3, 0.4) is 0 Å². The Morgan fingerprint density at radius 3 is 2.21 bits per heavy atom. The summed E-state index contributed by atoms with van der Waals surface area (Å²) in [7, 11) is 0. The number of nitrogens with one attached hydrogen (secondary N) is 1. The third kappa shape index (κ3) is 3.56. The predicted octanol–water partition coefficient (Wildman–Crippen LogP) is 2.50. The average molecular weight is 275 g/mol. The SMILES string of the molecule is NCC(=O)NC(c1ccccc1)c1ccc(Cl)cc1. The Labute approximate surface area is 117 Å². The maximum atomic E-state index is 11.6. The highest BCUT2D eigenvalue weighted by atomic mass is 35.5. The summed E-state index contributed by atoms with van der Waals surface area (Å²) >= 11 is 5.89. The molecule has 0 saturated carbocycles. The summed E-state index contributed by atoms with van der Waals surface area (Å²) in [5, 5.41) is 3.58. The second-order valence-electron chi connectivity index (χ2n) is 4.17. The Bertz CT molecular complexity index is 540. The second kappa shape index (κ2) is 6.36. The fraction of sp³-hybridized carbons (Fsp3) is 0.133. The molecule has 2 aromatic rings. The van der Waals surface area contributed by atoms with Crippen molar-refractivity contribution in [3.05, 3.63) is 70.7 Å². The normalized spacial score (nSPS) is 11.9. The van der Waals surface area contributed by atoms with Crippen LogP contribution in [-0.4, -0.2) is 12.5 Å². The predicted molar refractivity (Wildman–Crippen MR) is 76.9 cm³/mol. The minimum atomic E-state index is -0.213. The molecule has 0 saturated heterocycles. The fourth-order valence-corrected chi connectivity index (χ4v) is 2.01. The summed E-state index contributed by atoms with van der Waals surface area (Å²) in [4.78, 5) is 11.6. The van der Waals surface area contributed by atoms with Gasteiger partial charge in [-0.15, -0.1) is 0 Å². The molecule has 1 amide bonds. The van der Waals surface area contributed by atoms with Gasteiger partial charge in [-0.3, -0.25) is 4.79 Å². The lowest BCUT2D eigenvalue weighted by Crippen LogP contribution is -2.34. The molecule has 0 heterocycles. The quantitative estimate of drug-likeness (QED) is 0.900. The minimum absolute atomic E-state index is 0.0308. The first-order chi connectivity index (χ1) is 9.20. The van der Waals surface area contributed by atoms with E-state index in [9.17, 15) is 4.79 Å². The molecule has 0 fully saturated rings. The van der Waals surface area contributed by atoms with Gasteiger partial charge in [-0.05, 0) is 23.3 Å². The molecule has 19 heavy (non-hydrogen) atoms. The van der Waals surface area contributed by atoms with Crippen molar-refractivity contribution in [3.63, 3.8) is 0 Å². The second-order valence-corrected chi connectivity index (χ2v) is 4.60. The van der Waals surface area contributed by atoms with E-state index in [0.29, 0.717) is 5.02 Å². The molecule has 3 nitrogen and oxygen atoms in total. The van der Waals surface area contributed by atoms with Crippen LogP contribution in [0.5, 0.6) is 0 Å². The highest BCUT2D eigenvalue weighted by Gasteiger charge is 2.15. The van der Waals surface area contributed by atoms with Crippen LogP contribution in [-0.2, 0) is 4.79 Å². The van der Waals surface area contributed by atoms with E-state index in [4.69, 9.17) is 17.3 Å². The van der Waals surface area contributed by atoms with E-state index >= 15 is 0 Å². The molecular formula is C15H15ClN2O. The summed E-state index contributed by atoms with van der Waals surface area (Å²) in [6, 6.07) is 16.9. The lowest BCUT2D eigenvalue weighted by atomic mass is 9.99. The Morgan fingerprint density at radius 2 is 1.63 bits per heavy atom. The number of carbonyl (C=O) groups is 1. The number of nitrogens with two attached hydrogens (primary N) is 1. The van der Waals surface area contributed by atoms with Crippen LogP contribution >= 0.6 is 11.6 Å². The van der Waals surface area contributed by atoms with Gasteiger partial charge in [0.05, 0.1) is 12.6 Å². The smallest absolute Gasteiger partial charge is 0.234 e. The van der Waals surface area contributed by atoms with Crippen molar-refractivity contribution in [2.24, 2.45) is 5.73 Å². The Morgan fingerprint density at radius 1 is 1.05 bits per heavy atom. The first-order valence-electron chi connectivity index (χ1n) is 6.00. The van der Waals surface area contributed by atoms with Crippen molar-refractivity contribution >= 4 is 17.5 Å². The summed E-state index contributed by atoms with van der Waals surface area (Å²) in [5.41, 5.74) is 7.34. The zero-order chi connectivity index (χ0) is 13.7. The molecule has 0 radical (unpaired) electrons. The maximum Gasteiger partial charge on any atom is 0.234 e. The molecule has 4 heteroatoms.